The molecule has 0 atom stereocenters. The molecule has 31 heavy (non-hydrogen) atoms. The average molecular weight is 396 g/mol. The van der Waals surface area contributed by atoms with Gasteiger partial charge in [-0.15, -0.1) is 0 Å². The Bertz CT molecular complexity index is 1260. The molecule has 0 fully saturated rings. The maximum absolute atomic E-state index is 8.92. The van der Waals surface area contributed by atoms with Crippen molar-refractivity contribution in [3.8, 4) is 34.4 Å². The van der Waals surface area contributed by atoms with Gasteiger partial charge >= 0.3 is 0 Å². The summed E-state index contributed by atoms with van der Waals surface area (Å²) < 4.78 is 0. The van der Waals surface area contributed by atoms with Crippen molar-refractivity contribution in [1.82, 2.24) is 0 Å². The molecule has 4 rings (SSSR count). The van der Waals surface area contributed by atoms with Gasteiger partial charge in [0.25, 0.3) is 0 Å². The van der Waals surface area contributed by atoms with Gasteiger partial charge in [-0.25, -0.2) is 0 Å². The highest BCUT2D eigenvalue weighted by atomic mass is 14.2. The van der Waals surface area contributed by atoms with E-state index >= 15 is 0 Å². The van der Waals surface area contributed by atoms with Crippen LogP contribution in [0.25, 0.3) is 28.3 Å². The van der Waals surface area contributed by atoms with Crippen LogP contribution in [-0.4, -0.2) is 0 Å². The van der Waals surface area contributed by atoms with Gasteiger partial charge in [0.15, 0.2) is 0 Å². The maximum atomic E-state index is 8.92. The minimum Gasteiger partial charge on any atom is -0.192 e. The molecule has 0 saturated carbocycles. The number of rotatable bonds is 5. The summed E-state index contributed by atoms with van der Waals surface area (Å²) in [4.78, 5) is 0. The van der Waals surface area contributed by atoms with Crippen LogP contribution in [0.5, 0.6) is 0 Å². The quantitative estimate of drug-likeness (QED) is 0.364. The molecule has 0 bridgehead atoms. The van der Waals surface area contributed by atoms with Gasteiger partial charge in [-0.3, -0.25) is 0 Å². The zero-order valence-electron chi connectivity index (χ0n) is 17.0. The van der Waals surface area contributed by atoms with E-state index in [1.165, 1.54) is 5.56 Å². The maximum Gasteiger partial charge on any atom is 0.0991 e. The molecule has 0 aliphatic carbocycles. The lowest BCUT2D eigenvalue weighted by Gasteiger charge is -2.04. The normalized spacial score (nSPS) is 10.5. The van der Waals surface area contributed by atoms with Crippen molar-refractivity contribution in [2.45, 2.75) is 6.42 Å². The Morgan fingerprint density at radius 1 is 0.516 bits per heavy atom. The minimum atomic E-state index is 0.674. The van der Waals surface area contributed by atoms with E-state index in [2.05, 4.69) is 72.8 Å². The molecule has 0 saturated heterocycles. The smallest absolute Gasteiger partial charge is 0.0991 e. The van der Waals surface area contributed by atoms with Crippen LogP contribution in [0.4, 0.5) is 0 Å². The van der Waals surface area contributed by atoms with Gasteiger partial charge in [0, 0.05) is 0 Å². The summed E-state index contributed by atoms with van der Waals surface area (Å²) in [6.07, 6.45) is 5.18. The molecule has 0 heterocycles. The molecular weight excluding hydrogens is 376 g/mol. The van der Waals surface area contributed by atoms with Crippen LogP contribution in [-0.2, 0) is 6.42 Å². The Morgan fingerprint density at radius 3 is 1.32 bits per heavy atom. The first-order valence-corrected chi connectivity index (χ1v) is 10.1. The highest BCUT2D eigenvalue weighted by Crippen LogP contribution is 2.22. The molecule has 4 aromatic rings. The fourth-order valence-corrected chi connectivity index (χ4v) is 3.43. The number of allylic oxidation sites excluding steroid dienone is 1. The van der Waals surface area contributed by atoms with E-state index in [9.17, 15) is 0 Å². The first-order valence-electron chi connectivity index (χ1n) is 10.1. The van der Waals surface area contributed by atoms with Crippen molar-refractivity contribution in [3.05, 3.63) is 125 Å². The summed E-state index contributed by atoms with van der Waals surface area (Å²) in [6.45, 7) is 0. The molecule has 2 nitrogen and oxygen atoms in total. The average Bonchev–Trinajstić information content (AvgIpc) is 2.85. The lowest BCUT2D eigenvalue weighted by molar-refractivity contribution is 1.28. The summed E-state index contributed by atoms with van der Waals surface area (Å²) >= 11 is 0. The largest absolute Gasteiger partial charge is 0.192 e. The Hall–Kier alpha value is -4.40. The van der Waals surface area contributed by atoms with Crippen molar-refractivity contribution >= 4 is 6.08 Å². The first kappa shape index (κ1) is 19.9. The molecule has 4 aromatic carbocycles. The van der Waals surface area contributed by atoms with Crippen LogP contribution in [0, 0.1) is 22.7 Å². The summed E-state index contributed by atoms with van der Waals surface area (Å²) in [5, 5.41) is 17.8. The van der Waals surface area contributed by atoms with Crippen LogP contribution in [0.15, 0.2) is 103 Å². The first-order chi connectivity index (χ1) is 15.2. The van der Waals surface area contributed by atoms with Crippen LogP contribution in [0.3, 0.4) is 0 Å². The molecule has 0 unspecified atom stereocenters. The second-order valence-electron chi connectivity index (χ2n) is 7.30. The van der Waals surface area contributed by atoms with Gasteiger partial charge in [0.1, 0.15) is 0 Å². The van der Waals surface area contributed by atoms with E-state index in [0.717, 1.165) is 34.2 Å². The van der Waals surface area contributed by atoms with Gasteiger partial charge in [0.2, 0.25) is 0 Å². The summed E-state index contributed by atoms with van der Waals surface area (Å²) in [7, 11) is 0. The fraction of sp³-hybridized carbons (Fsp3) is 0.0345. The number of hydrogen-bond donors (Lipinski definition) is 0. The summed E-state index contributed by atoms with van der Waals surface area (Å²) in [5.74, 6) is 0. The molecule has 0 amide bonds. The Kier molecular flexibility index (Phi) is 6.03. The molecule has 2 heteroatoms. The highest BCUT2D eigenvalue weighted by molar-refractivity contribution is 5.67. The zero-order chi connectivity index (χ0) is 21.5. The van der Waals surface area contributed by atoms with E-state index in [1.54, 1.807) is 0 Å². The van der Waals surface area contributed by atoms with Crippen molar-refractivity contribution in [2.75, 3.05) is 0 Å². The van der Waals surface area contributed by atoms with Crippen molar-refractivity contribution in [3.63, 3.8) is 0 Å². The van der Waals surface area contributed by atoms with Crippen molar-refractivity contribution in [1.29, 1.82) is 10.5 Å². The standard InChI is InChI=1S/C29H20N2/c30-20-24-8-16-28(17-9-24)26-12-4-22(5-13-26)2-1-3-23-6-14-27(15-7-23)29-18-10-25(21-31)11-19-29/h1-2,4-19H,3H2/b2-1+. The lowest BCUT2D eigenvalue weighted by atomic mass is 10.0. The second kappa shape index (κ2) is 9.40. The van der Waals surface area contributed by atoms with E-state index in [1.807, 2.05) is 48.5 Å². The van der Waals surface area contributed by atoms with Crippen molar-refractivity contribution < 1.29 is 0 Å². The number of hydrogen-bond acceptors (Lipinski definition) is 2. The van der Waals surface area contributed by atoms with E-state index in [-0.39, 0.29) is 0 Å². The van der Waals surface area contributed by atoms with Crippen LogP contribution in [0.2, 0.25) is 0 Å². The van der Waals surface area contributed by atoms with Crippen molar-refractivity contribution in [2.24, 2.45) is 0 Å². The third-order valence-corrected chi connectivity index (χ3v) is 5.22. The predicted molar refractivity (Wildman–Crippen MR) is 126 cm³/mol. The lowest BCUT2D eigenvalue weighted by Crippen LogP contribution is -1.83. The van der Waals surface area contributed by atoms with E-state index in [0.29, 0.717) is 11.1 Å². The Morgan fingerprint density at radius 2 is 0.903 bits per heavy atom. The molecule has 0 aliphatic heterocycles. The topological polar surface area (TPSA) is 47.6 Å². The number of nitriles is 2. The van der Waals surface area contributed by atoms with Gasteiger partial charge in [-0.2, -0.15) is 10.5 Å². The third-order valence-electron chi connectivity index (χ3n) is 5.22. The highest BCUT2D eigenvalue weighted by Gasteiger charge is 2.00. The van der Waals surface area contributed by atoms with Crippen LogP contribution in [0.1, 0.15) is 22.3 Å². The zero-order valence-corrected chi connectivity index (χ0v) is 17.0. The van der Waals surface area contributed by atoms with Gasteiger partial charge in [0.05, 0.1) is 23.3 Å². The predicted octanol–water partition coefficient (Wildman–Crippen LogP) is 7.02. The summed E-state index contributed by atoms with van der Waals surface area (Å²) in [5.41, 5.74) is 8.27. The molecule has 0 aromatic heterocycles. The Labute approximate surface area is 183 Å². The monoisotopic (exact) mass is 396 g/mol. The van der Waals surface area contributed by atoms with E-state index in [4.69, 9.17) is 10.5 Å². The molecular formula is C29H20N2. The molecule has 0 N–H and O–H groups in total. The minimum absolute atomic E-state index is 0.674. The van der Waals surface area contributed by atoms with Gasteiger partial charge in [-0.05, 0) is 64.1 Å². The molecule has 146 valence electrons. The van der Waals surface area contributed by atoms with Crippen LogP contribution >= 0.6 is 0 Å². The third kappa shape index (κ3) is 4.96. The summed E-state index contributed by atoms with van der Waals surface area (Å²) in [6, 6.07) is 36.6. The molecule has 0 spiro atoms. The Balaban J connectivity index is 1.37. The van der Waals surface area contributed by atoms with E-state index < -0.39 is 0 Å². The second-order valence-corrected chi connectivity index (χ2v) is 7.30. The molecule has 0 aliphatic rings. The van der Waals surface area contributed by atoms with Crippen LogP contribution < -0.4 is 0 Å². The fourth-order valence-electron chi connectivity index (χ4n) is 3.43. The SMILES string of the molecule is N#Cc1ccc(-c2ccc(/C=C/Cc3ccc(-c4ccc(C#N)cc4)cc3)cc2)cc1. The van der Waals surface area contributed by atoms with Gasteiger partial charge in [-0.1, -0.05) is 84.9 Å². The number of benzene rings is 4. The molecule has 0 radical (unpaired) electrons. The number of nitrogens with zero attached hydrogens (tertiary/aromatic N) is 2. The van der Waals surface area contributed by atoms with Gasteiger partial charge < -0.3 is 0 Å².